The van der Waals surface area contributed by atoms with Crippen LogP contribution in [-0.4, -0.2) is 18.0 Å². The fourth-order valence-corrected chi connectivity index (χ4v) is 1.54. The summed E-state index contributed by atoms with van der Waals surface area (Å²) in [6.07, 6.45) is 0. The SMILES string of the molecule is [CH2-]OC.[CH2-]Oc1ccc(C(=O)c2ccccc2)c(O)c1.[Y]. The smallest absolute Gasteiger partial charge is 0.196 e. The molecule has 0 aromatic heterocycles. The number of carbonyl (C=O) groups excluding carboxylic acids is 1. The zero-order valence-corrected chi connectivity index (χ0v) is 14.6. The van der Waals surface area contributed by atoms with Gasteiger partial charge in [0, 0.05) is 44.3 Å². The van der Waals surface area contributed by atoms with Crippen molar-refractivity contribution in [2.45, 2.75) is 0 Å². The molecule has 2 aromatic carbocycles. The van der Waals surface area contributed by atoms with Crippen LogP contribution in [0.3, 0.4) is 0 Å². The summed E-state index contributed by atoms with van der Waals surface area (Å²) in [4.78, 5) is 12.1. The molecule has 21 heavy (non-hydrogen) atoms. The molecule has 0 unspecified atom stereocenters. The Morgan fingerprint density at radius 2 is 1.67 bits per heavy atom. The van der Waals surface area contributed by atoms with Gasteiger partial charge in [-0.2, -0.15) is 7.11 Å². The Kier molecular flexibility index (Phi) is 9.88. The minimum atomic E-state index is -0.223. The second-order valence-electron chi connectivity index (χ2n) is 3.81. The number of hydrogen-bond acceptors (Lipinski definition) is 4. The summed E-state index contributed by atoms with van der Waals surface area (Å²) in [7, 11) is 7.73. The second-order valence-corrected chi connectivity index (χ2v) is 3.81. The number of rotatable bonds is 3. The average molecular weight is 361 g/mol. The van der Waals surface area contributed by atoms with Crippen molar-refractivity contribution in [3.8, 4) is 11.5 Å². The van der Waals surface area contributed by atoms with E-state index >= 15 is 0 Å². The van der Waals surface area contributed by atoms with Gasteiger partial charge < -0.3 is 14.6 Å². The van der Waals surface area contributed by atoms with Crippen LogP contribution in [-0.2, 0) is 37.4 Å². The first-order valence-corrected chi connectivity index (χ1v) is 5.77. The van der Waals surface area contributed by atoms with Gasteiger partial charge in [0.25, 0.3) is 0 Å². The van der Waals surface area contributed by atoms with Gasteiger partial charge in [-0.05, 0) is 19.2 Å². The Labute approximate surface area is 150 Å². The molecule has 0 heterocycles. The van der Waals surface area contributed by atoms with Crippen molar-refractivity contribution in [1.82, 2.24) is 0 Å². The number of methoxy groups -OCH3 is 1. The number of carbonyl (C=O) groups is 1. The van der Waals surface area contributed by atoms with Crippen LogP contribution in [0.4, 0.5) is 0 Å². The van der Waals surface area contributed by atoms with Crippen molar-refractivity contribution in [1.29, 1.82) is 0 Å². The number of hydrogen-bond donors (Lipinski definition) is 1. The van der Waals surface area contributed by atoms with Gasteiger partial charge in [-0.3, -0.25) is 4.79 Å². The number of phenols is 1. The van der Waals surface area contributed by atoms with Gasteiger partial charge >= 0.3 is 0 Å². The maximum Gasteiger partial charge on any atom is 0.196 e. The molecular formula is C16H16O4Y-2. The van der Waals surface area contributed by atoms with Gasteiger partial charge in [-0.15, -0.1) is 0 Å². The predicted octanol–water partition coefficient (Wildman–Crippen LogP) is 3.22. The molecule has 2 rings (SSSR count). The number of ketones is 1. The molecule has 0 amide bonds. The summed E-state index contributed by atoms with van der Waals surface area (Å²) < 4.78 is 8.71. The van der Waals surface area contributed by atoms with E-state index < -0.39 is 0 Å². The van der Waals surface area contributed by atoms with E-state index in [9.17, 15) is 9.90 Å². The van der Waals surface area contributed by atoms with Crippen molar-refractivity contribution in [3.05, 3.63) is 73.9 Å². The van der Waals surface area contributed by atoms with Crippen LogP contribution in [0.25, 0.3) is 0 Å². The van der Waals surface area contributed by atoms with E-state index in [1.165, 1.54) is 19.2 Å². The van der Waals surface area contributed by atoms with E-state index in [1.807, 2.05) is 6.07 Å². The first-order valence-electron chi connectivity index (χ1n) is 5.77. The number of ether oxygens (including phenoxy) is 2. The molecule has 1 radical (unpaired) electrons. The van der Waals surface area contributed by atoms with Crippen molar-refractivity contribution in [2.75, 3.05) is 7.11 Å². The first kappa shape index (κ1) is 19.8. The molecule has 0 saturated heterocycles. The third kappa shape index (κ3) is 5.96. The summed E-state index contributed by atoms with van der Waals surface area (Å²) >= 11 is 0. The maximum atomic E-state index is 12.1. The standard InChI is InChI=1S/C14H11O3.C2H5O.Y/c1-17-11-7-8-12(13(15)9-11)14(16)10-5-3-2-4-6-10;1-3-2;/h2-9,15H,1H2;1H2,2H3;/q2*-1;. The van der Waals surface area contributed by atoms with Crippen molar-refractivity contribution < 1.29 is 52.1 Å². The van der Waals surface area contributed by atoms with Crippen LogP contribution in [0.15, 0.2) is 48.5 Å². The fourth-order valence-electron chi connectivity index (χ4n) is 1.54. The molecule has 1 N–H and O–H groups in total. The number of benzene rings is 2. The molecule has 0 aliphatic rings. The van der Waals surface area contributed by atoms with E-state index in [4.69, 9.17) is 4.74 Å². The Morgan fingerprint density at radius 1 is 1.10 bits per heavy atom. The van der Waals surface area contributed by atoms with E-state index in [-0.39, 0.29) is 49.8 Å². The normalized spacial score (nSPS) is 8.90. The minimum Gasteiger partial charge on any atom is -0.665 e. The molecule has 0 fully saturated rings. The maximum absolute atomic E-state index is 12.1. The van der Waals surface area contributed by atoms with Crippen LogP contribution < -0.4 is 4.74 Å². The molecule has 5 heteroatoms. The predicted molar refractivity (Wildman–Crippen MR) is 76.3 cm³/mol. The zero-order chi connectivity index (χ0) is 15.0. The minimum absolute atomic E-state index is 0. The molecular weight excluding hydrogens is 345 g/mol. The molecule has 0 aliphatic carbocycles. The zero-order valence-electron chi connectivity index (χ0n) is 11.8. The monoisotopic (exact) mass is 361 g/mol. The van der Waals surface area contributed by atoms with Crippen molar-refractivity contribution in [2.24, 2.45) is 0 Å². The molecule has 0 atom stereocenters. The van der Waals surface area contributed by atoms with Gasteiger partial charge in [0.1, 0.15) is 5.75 Å². The fraction of sp³-hybridized carbons (Fsp3) is 0.0625. The van der Waals surface area contributed by atoms with Crippen molar-refractivity contribution >= 4 is 5.78 Å². The quantitative estimate of drug-likeness (QED) is 0.674. The summed E-state index contributed by atoms with van der Waals surface area (Å²) in [6.45, 7) is 0. The first-order chi connectivity index (χ1) is 9.63. The Hall–Kier alpha value is -1.23. The molecule has 4 nitrogen and oxygen atoms in total. The van der Waals surface area contributed by atoms with Gasteiger partial charge in [0.15, 0.2) is 5.78 Å². The second kappa shape index (κ2) is 10.5. The molecule has 109 valence electrons. The molecule has 0 saturated carbocycles. The van der Waals surface area contributed by atoms with E-state index in [0.29, 0.717) is 11.3 Å². The van der Waals surface area contributed by atoms with E-state index in [2.05, 4.69) is 19.0 Å². The van der Waals surface area contributed by atoms with E-state index in [1.54, 1.807) is 30.3 Å². The Bertz CT molecular complexity index is 555. The van der Waals surface area contributed by atoms with Crippen molar-refractivity contribution in [3.63, 3.8) is 0 Å². The van der Waals surface area contributed by atoms with Crippen LogP contribution >= 0.6 is 0 Å². The van der Waals surface area contributed by atoms with Crippen LogP contribution in [0.2, 0.25) is 0 Å². The van der Waals surface area contributed by atoms with Crippen LogP contribution in [0.1, 0.15) is 15.9 Å². The van der Waals surface area contributed by atoms with Gasteiger partial charge in [-0.25, -0.2) is 7.11 Å². The average Bonchev–Trinajstić information content (AvgIpc) is 2.48. The topological polar surface area (TPSA) is 55.8 Å². The molecule has 0 bridgehead atoms. The molecule has 0 aliphatic heterocycles. The van der Waals surface area contributed by atoms with E-state index in [0.717, 1.165) is 0 Å². The summed E-state index contributed by atoms with van der Waals surface area (Å²) in [5.41, 5.74) is 0.781. The largest absolute Gasteiger partial charge is 0.665 e. The number of phenolic OH excluding ortho intramolecular Hbond substituents is 1. The van der Waals surface area contributed by atoms with Gasteiger partial charge in [0.05, 0.1) is 11.3 Å². The van der Waals surface area contributed by atoms with Crippen LogP contribution in [0, 0.1) is 14.2 Å². The third-order valence-corrected chi connectivity index (χ3v) is 2.42. The number of aromatic hydroxyl groups is 1. The van der Waals surface area contributed by atoms with Gasteiger partial charge in [0.2, 0.25) is 0 Å². The van der Waals surface area contributed by atoms with Crippen LogP contribution in [0.5, 0.6) is 11.5 Å². The van der Waals surface area contributed by atoms with Gasteiger partial charge in [-0.1, -0.05) is 30.3 Å². The third-order valence-electron chi connectivity index (χ3n) is 2.42. The summed E-state index contributed by atoms with van der Waals surface area (Å²) in [5.74, 6) is 0.0748. The Balaban J connectivity index is 0.000000922. The summed E-state index contributed by atoms with van der Waals surface area (Å²) in [5, 5.41) is 9.73. The summed E-state index contributed by atoms with van der Waals surface area (Å²) in [6, 6.07) is 13.3. The molecule has 2 aromatic rings. The Morgan fingerprint density at radius 3 is 2.14 bits per heavy atom. The molecule has 0 spiro atoms.